The zero-order valence-corrected chi connectivity index (χ0v) is 47.3. The predicted octanol–water partition coefficient (Wildman–Crippen LogP) is 15.9. The SMILES string of the molecule is CC(C)(C)C1CC(C)(C)S(=O)(=O)C(C)(C)C1.CC(C)(C)C1CC(C)(C)S(=O)C(C)(C)C1.CC1(C)CC(C(C)(C)C)CC(C)(C)O1.CC1(C)CC(C(C)(C)C)CC(C)(C)S1. The predicted molar refractivity (Wildman–Crippen MR) is 267 cm³/mol. The normalized spacial score (nSPS) is 29.9. The Bertz CT molecular complexity index is 1390. The highest BCUT2D eigenvalue weighted by molar-refractivity contribution is 8.02. The maximum absolute atomic E-state index is 12.4. The lowest BCUT2D eigenvalue weighted by Crippen LogP contribution is -2.54. The number of rotatable bonds is 0. The maximum Gasteiger partial charge on any atom is 0.160 e. The summed E-state index contributed by atoms with van der Waals surface area (Å²) in [4.78, 5) is 0. The number of hydrogen-bond donors (Lipinski definition) is 0. The van der Waals surface area contributed by atoms with Gasteiger partial charge in [-0.1, -0.05) is 111 Å². The van der Waals surface area contributed by atoms with E-state index >= 15 is 0 Å². The van der Waals surface area contributed by atoms with Crippen LogP contribution in [0.15, 0.2) is 0 Å². The van der Waals surface area contributed by atoms with Crippen molar-refractivity contribution < 1.29 is 17.4 Å². The maximum atomic E-state index is 12.4. The van der Waals surface area contributed by atoms with E-state index in [1.807, 2.05) is 27.7 Å². The van der Waals surface area contributed by atoms with E-state index in [1.54, 1.807) is 0 Å². The first-order valence-corrected chi connectivity index (χ1v) is 26.8. The molecule has 0 saturated carbocycles. The molecule has 4 rings (SSSR count). The van der Waals surface area contributed by atoms with Gasteiger partial charge in [0.05, 0.1) is 20.7 Å². The van der Waals surface area contributed by atoms with Gasteiger partial charge in [0.2, 0.25) is 0 Å². The second-order valence-corrected chi connectivity index (χ2v) is 37.3. The number of thioether (sulfide) groups is 1. The molecule has 0 N–H and O–H groups in total. The molecule has 4 nitrogen and oxygen atoms in total. The van der Waals surface area contributed by atoms with Crippen LogP contribution in [0.5, 0.6) is 0 Å². The van der Waals surface area contributed by atoms with Crippen molar-refractivity contribution >= 4 is 32.4 Å². The Hall–Kier alpha value is 0.410. The van der Waals surface area contributed by atoms with Gasteiger partial charge < -0.3 is 4.74 Å². The van der Waals surface area contributed by atoms with Crippen molar-refractivity contribution in [1.29, 1.82) is 0 Å². The molecule has 4 saturated heterocycles. The lowest BCUT2D eigenvalue weighted by Gasteiger charge is -2.49. The Morgan fingerprint density at radius 2 is 0.661 bits per heavy atom. The lowest BCUT2D eigenvalue weighted by atomic mass is 9.68. The Kier molecular flexibility index (Phi) is 17.5. The summed E-state index contributed by atoms with van der Waals surface area (Å²) in [6.45, 7) is 62.3. The number of ether oxygens (including phenoxy) is 1. The summed E-state index contributed by atoms with van der Waals surface area (Å²) in [7, 11) is -3.75. The molecule has 4 fully saturated rings. The van der Waals surface area contributed by atoms with Gasteiger partial charge in [-0.2, -0.15) is 0 Å². The number of hydrogen-bond acceptors (Lipinski definition) is 5. The molecule has 354 valence electrons. The average molecular weight is 890 g/mol. The van der Waals surface area contributed by atoms with E-state index in [0.29, 0.717) is 37.6 Å². The van der Waals surface area contributed by atoms with Crippen LogP contribution in [0.4, 0.5) is 0 Å². The fraction of sp³-hybridized carbons (Fsp3) is 1.00. The molecule has 4 aliphatic heterocycles. The van der Waals surface area contributed by atoms with Gasteiger partial charge in [-0.05, 0) is 180 Å². The van der Waals surface area contributed by atoms with Crippen LogP contribution >= 0.6 is 11.8 Å². The molecular weight excluding hydrogens is 785 g/mol. The van der Waals surface area contributed by atoms with Gasteiger partial charge in [-0.25, -0.2) is 8.42 Å². The fourth-order valence-corrected chi connectivity index (χ4v) is 17.6. The highest BCUT2D eigenvalue weighted by atomic mass is 32.2. The van der Waals surface area contributed by atoms with Gasteiger partial charge in [0.1, 0.15) is 0 Å². The molecule has 0 aromatic heterocycles. The largest absolute Gasteiger partial charge is 0.370 e. The van der Waals surface area contributed by atoms with E-state index in [2.05, 4.69) is 178 Å². The summed E-state index contributed by atoms with van der Waals surface area (Å²) in [5.41, 5.74) is 1.47. The highest BCUT2D eigenvalue weighted by Crippen LogP contribution is 2.54. The van der Waals surface area contributed by atoms with Crippen LogP contribution in [0.25, 0.3) is 0 Å². The molecule has 0 aromatic rings. The van der Waals surface area contributed by atoms with Crippen molar-refractivity contribution in [2.75, 3.05) is 0 Å². The summed E-state index contributed by atoms with van der Waals surface area (Å²) in [6.07, 6.45) is 8.83. The van der Waals surface area contributed by atoms with E-state index in [1.165, 1.54) is 25.7 Å². The van der Waals surface area contributed by atoms with Crippen LogP contribution in [0.1, 0.15) is 245 Å². The van der Waals surface area contributed by atoms with Crippen LogP contribution in [-0.2, 0) is 25.4 Å². The van der Waals surface area contributed by atoms with E-state index in [9.17, 15) is 12.6 Å². The van der Waals surface area contributed by atoms with E-state index in [0.717, 1.165) is 37.5 Å². The molecule has 0 atom stereocenters. The van der Waals surface area contributed by atoms with Crippen molar-refractivity contribution in [3.63, 3.8) is 0 Å². The van der Waals surface area contributed by atoms with Crippen molar-refractivity contribution in [3.8, 4) is 0 Å². The topological polar surface area (TPSA) is 60.4 Å². The summed E-state index contributed by atoms with van der Waals surface area (Å²) in [6, 6.07) is 0. The molecule has 0 radical (unpaired) electrons. The van der Waals surface area contributed by atoms with Crippen LogP contribution in [0.3, 0.4) is 0 Å². The Morgan fingerprint density at radius 1 is 0.424 bits per heavy atom. The first-order valence-electron chi connectivity index (χ1n) is 23.4. The lowest BCUT2D eigenvalue weighted by molar-refractivity contribution is -0.185. The van der Waals surface area contributed by atoms with Crippen LogP contribution in [0, 0.1) is 45.3 Å². The minimum absolute atomic E-state index is 0.0281. The first kappa shape index (κ1) is 57.4. The van der Waals surface area contributed by atoms with Gasteiger partial charge in [0.25, 0.3) is 0 Å². The second kappa shape index (κ2) is 18.0. The minimum Gasteiger partial charge on any atom is -0.370 e. The van der Waals surface area contributed by atoms with Gasteiger partial charge in [-0.3, -0.25) is 4.21 Å². The van der Waals surface area contributed by atoms with Crippen LogP contribution < -0.4 is 0 Å². The van der Waals surface area contributed by atoms with Crippen LogP contribution in [-0.4, -0.2) is 52.3 Å². The molecule has 4 aliphatic rings. The van der Waals surface area contributed by atoms with Crippen molar-refractivity contribution in [2.24, 2.45) is 45.3 Å². The van der Waals surface area contributed by atoms with Gasteiger partial charge >= 0.3 is 0 Å². The number of sulfone groups is 1. The standard InChI is InChI=1S/C13H26O2S.C13H26OS.C13H26O.C13H26S/c1-11(2,3)10-8-12(4,5)16(14,15)13(6,7)9-10;1-11(2,3)10-8-12(4,5)15(14)13(6,7)9-10;2*1-11(2,3)10-8-12(4,5)14-13(6,7)9-10/h10H,8-9H2,1-7H3;10H,8-9H2,1-7H3;2*10H,8-9H2,1-7H3. The molecule has 0 bridgehead atoms. The molecule has 0 amide bonds. The molecule has 59 heavy (non-hydrogen) atoms. The molecular formula is C52H104O4S3. The highest BCUT2D eigenvalue weighted by Gasteiger charge is 2.54. The third kappa shape index (κ3) is 16.4. The second-order valence-electron chi connectivity index (χ2n) is 28.9. The van der Waals surface area contributed by atoms with E-state index in [-0.39, 0.29) is 26.1 Å². The fourth-order valence-electron chi connectivity index (χ4n) is 11.0. The monoisotopic (exact) mass is 889 g/mol. The molecule has 0 aromatic carbocycles. The summed E-state index contributed by atoms with van der Waals surface area (Å²) in [5, 5.41) is 0. The quantitative estimate of drug-likeness (QED) is 0.242. The summed E-state index contributed by atoms with van der Waals surface area (Å²) < 4.78 is 43.0. The minimum atomic E-state index is -3.03. The smallest absolute Gasteiger partial charge is 0.160 e. The third-order valence-corrected chi connectivity index (χ3v) is 21.4. The zero-order chi connectivity index (χ0) is 47.5. The summed E-state index contributed by atoms with van der Waals surface area (Å²) >= 11 is 2.17. The summed E-state index contributed by atoms with van der Waals surface area (Å²) in [5.74, 6) is 2.79. The Morgan fingerprint density at radius 3 is 0.932 bits per heavy atom. The Labute approximate surface area is 378 Å². The average Bonchev–Trinajstić information content (AvgIpc) is 2.90. The zero-order valence-electron chi connectivity index (χ0n) is 44.8. The Balaban J connectivity index is 0.000000394. The molecule has 0 spiro atoms. The van der Waals surface area contributed by atoms with Gasteiger partial charge in [-0.15, -0.1) is 11.8 Å². The molecule has 7 heteroatoms. The van der Waals surface area contributed by atoms with Gasteiger partial charge in [0.15, 0.2) is 9.84 Å². The van der Waals surface area contributed by atoms with Crippen LogP contribution in [0.2, 0.25) is 0 Å². The molecule has 0 aliphatic carbocycles. The van der Waals surface area contributed by atoms with Crippen molar-refractivity contribution in [3.05, 3.63) is 0 Å². The van der Waals surface area contributed by atoms with Gasteiger partial charge in [0, 0.05) is 29.8 Å². The molecule has 4 heterocycles. The molecule has 0 unspecified atom stereocenters. The van der Waals surface area contributed by atoms with Crippen molar-refractivity contribution in [1.82, 2.24) is 0 Å². The van der Waals surface area contributed by atoms with E-state index in [4.69, 9.17) is 4.74 Å². The van der Waals surface area contributed by atoms with Crippen molar-refractivity contribution in [2.45, 2.75) is 285 Å². The van der Waals surface area contributed by atoms with E-state index < -0.39 is 30.1 Å². The first-order chi connectivity index (χ1) is 25.3. The third-order valence-electron chi connectivity index (χ3n) is 14.4.